The number of hydrogen-bond donors (Lipinski definition) is 0. The van der Waals surface area contributed by atoms with Crippen LogP contribution in [-0.4, -0.2) is 25.9 Å². The summed E-state index contributed by atoms with van der Waals surface area (Å²) < 4.78 is 37.7. The third kappa shape index (κ3) is 2.51. The zero-order valence-corrected chi connectivity index (χ0v) is 14.2. The lowest BCUT2D eigenvalue weighted by molar-refractivity contribution is -0.155. The van der Waals surface area contributed by atoms with E-state index in [1.54, 1.807) is 30.3 Å². The van der Waals surface area contributed by atoms with Crippen LogP contribution in [0.4, 0.5) is 0 Å². The van der Waals surface area contributed by atoms with Crippen LogP contribution in [0, 0.1) is 5.92 Å². The molecular weight excluding hydrogens is 300 g/mol. The Hall–Kier alpha value is -1.17. The fraction of sp³-hybridized carbons (Fsp3) is 0.529. The van der Waals surface area contributed by atoms with Crippen molar-refractivity contribution in [2.45, 2.75) is 56.5 Å². The van der Waals surface area contributed by atoms with Gasteiger partial charge in [-0.15, -0.1) is 0 Å². The molecule has 3 unspecified atom stereocenters. The molecule has 1 aliphatic heterocycles. The molecule has 22 heavy (non-hydrogen) atoms. The fourth-order valence-corrected chi connectivity index (χ4v) is 5.26. The number of benzene rings is 1. The predicted octanol–water partition coefficient (Wildman–Crippen LogP) is 3.29. The lowest BCUT2D eigenvalue weighted by Crippen LogP contribution is -2.43. The first-order valence-corrected chi connectivity index (χ1v) is 9.02. The average molecular weight is 322 g/mol. The van der Waals surface area contributed by atoms with E-state index in [4.69, 9.17) is 9.47 Å². The number of ether oxygens (including phenoxy) is 2. The second-order valence-electron chi connectivity index (χ2n) is 6.83. The fourth-order valence-electron chi connectivity index (χ4n) is 3.57. The maximum absolute atomic E-state index is 12.9. The minimum absolute atomic E-state index is 0.0743. The van der Waals surface area contributed by atoms with Crippen molar-refractivity contribution in [3.8, 4) is 0 Å². The summed E-state index contributed by atoms with van der Waals surface area (Å²) in [7, 11) is -3.48. The minimum Gasteiger partial charge on any atom is -0.344 e. The number of hydrogen-bond acceptors (Lipinski definition) is 4. The molecule has 1 aromatic rings. The van der Waals surface area contributed by atoms with Gasteiger partial charge in [-0.05, 0) is 51.3 Å². The van der Waals surface area contributed by atoms with Crippen molar-refractivity contribution in [3.63, 3.8) is 0 Å². The second-order valence-corrected chi connectivity index (χ2v) is 8.84. The molecule has 1 fully saturated rings. The van der Waals surface area contributed by atoms with Crippen LogP contribution >= 0.6 is 0 Å². The van der Waals surface area contributed by atoms with Crippen LogP contribution in [0.2, 0.25) is 0 Å². The average Bonchev–Trinajstić information content (AvgIpc) is 2.69. The third-order valence-corrected chi connectivity index (χ3v) is 6.20. The molecule has 1 aliphatic carbocycles. The molecule has 3 atom stereocenters. The highest BCUT2D eigenvalue weighted by Crippen LogP contribution is 2.47. The highest BCUT2D eigenvalue weighted by molar-refractivity contribution is 7.95. The SMILES string of the molecule is CC1CC(S(=O)(=O)c2ccccc2)=CC2(C)OC(C)(C)OC12. The molecule has 0 aromatic heterocycles. The van der Waals surface area contributed by atoms with Crippen LogP contribution in [0.15, 0.2) is 46.2 Å². The van der Waals surface area contributed by atoms with Gasteiger partial charge >= 0.3 is 0 Å². The van der Waals surface area contributed by atoms with Gasteiger partial charge < -0.3 is 9.47 Å². The topological polar surface area (TPSA) is 52.6 Å². The molecule has 1 saturated heterocycles. The molecule has 2 aliphatic rings. The molecule has 1 aromatic carbocycles. The van der Waals surface area contributed by atoms with E-state index >= 15 is 0 Å². The molecular formula is C17H22O4S. The first-order chi connectivity index (χ1) is 10.1. The van der Waals surface area contributed by atoms with E-state index < -0.39 is 21.2 Å². The molecule has 0 radical (unpaired) electrons. The van der Waals surface area contributed by atoms with Gasteiger partial charge in [-0.1, -0.05) is 25.1 Å². The van der Waals surface area contributed by atoms with Gasteiger partial charge in [0.05, 0.1) is 11.0 Å². The smallest absolute Gasteiger partial charge is 0.202 e. The first kappa shape index (κ1) is 15.7. The van der Waals surface area contributed by atoms with Gasteiger partial charge in [0.2, 0.25) is 9.84 Å². The van der Waals surface area contributed by atoms with Crippen molar-refractivity contribution in [3.05, 3.63) is 41.3 Å². The first-order valence-electron chi connectivity index (χ1n) is 7.54. The summed E-state index contributed by atoms with van der Waals surface area (Å²) in [5, 5.41) is 0. The molecule has 1 heterocycles. The van der Waals surface area contributed by atoms with Crippen LogP contribution in [0.1, 0.15) is 34.1 Å². The van der Waals surface area contributed by atoms with Crippen molar-refractivity contribution in [1.82, 2.24) is 0 Å². The van der Waals surface area contributed by atoms with Crippen LogP contribution in [0.25, 0.3) is 0 Å². The lowest BCUT2D eigenvalue weighted by Gasteiger charge is -2.35. The Labute approximate surface area is 132 Å². The van der Waals surface area contributed by atoms with E-state index in [-0.39, 0.29) is 12.0 Å². The van der Waals surface area contributed by atoms with Gasteiger partial charge in [0, 0.05) is 4.91 Å². The molecule has 0 N–H and O–H groups in total. The monoisotopic (exact) mass is 322 g/mol. The van der Waals surface area contributed by atoms with Gasteiger partial charge in [-0.2, -0.15) is 0 Å². The number of sulfone groups is 1. The Kier molecular flexibility index (Phi) is 3.51. The molecule has 0 bridgehead atoms. The maximum Gasteiger partial charge on any atom is 0.202 e. The normalized spacial score (nSPS) is 34.1. The number of rotatable bonds is 2. The zero-order chi connectivity index (χ0) is 16.2. The summed E-state index contributed by atoms with van der Waals surface area (Å²) in [4.78, 5) is 0.750. The minimum atomic E-state index is -3.48. The molecule has 5 heteroatoms. The van der Waals surface area contributed by atoms with Crippen molar-refractivity contribution in [2.24, 2.45) is 5.92 Å². The van der Waals surface area contributed by atoms with Crippen LogP contribution < -0.4 is 0 Å². The summed E-state index contributed by atoms with van der Waals surface area (Å²) in [5.74, 6) is -0.624. The Balaban J connectivity index is 2.05. The molecule has 0 spiro atoms. The number of allylic oxidation sites excluding steroid dienone is 1. The standard InChI is InChI=1S/C17H22O4S/c1-12-10-14(22(18,19)13-8-6-5-7-9-13)11-17(4)15(12)20-16(2,3)21-17/h5-9,11-12,15H,10H2,1-4H3. The van der Waals surface area contributed by atoms with Crippen molar-refractivity contribution in [2.75, 3.05) is 0 Å². The van der Waals surface area contributed by atoms with Gasteiger partial charge in [0.1, 0.15) is 5.60 Å². The van der Waals surface area contributed by atoms with Crippen LogP contribution in [0.5, 0.6) is 0 Å². The van der Waals surface area contributed by atoms with Gasteiger partial charge in [0.15, 0.2) is 5.79 Å². The van der Waals surface area contributed by atoms with Crippen molar-refractivity contribution in [1.29, 1.82) is 0 Å². The molecule has 120 valence electrons. The van der Waals surface area contributed by atoms with E-state index in [9.17, 15) is 8.42 Å². The summed E-state index contributed by atoms with van der Waals surface area (Å²) in [5.41, 5.74) is -0.710. The summed E-state index contributed by atoms with van der Waals surface area (Å²) in [6.45, 7) is 7.65. The summed E-state index contributed by atoms with van der Waals surface area (Å²) in [6, 6.07) is 8.55. The Morgan fingerprint density at radius 1 is 1.14 bits per heavy atom. The molecule has 0 saturated carbocycles. The summed E-state index contributed by atoms with van der Waals surface area (Å²) >= 11 is 0. The highest BCUT2D eigenvalue weighted by Gasteiger charge is 2.54. The van der Waals surface area contributed by atoms with E-state index in [0.717, 1.165) is 0 Å². The lowest BCUT2D eigenvalue weighted by atomic mass is 9.82. The molecule has 3 rings (SSSR count). The zero-order valence-electron chi connectivity index (χ0n) is 13.4. The van der Waals surface area contributed by atoms with E-state index in [1.165, 1.54) is 0 Å². The second kappa shape index (κ2) is 4.91. The van der Waals surface area contributed by atoms with Crippen molar-refractivity contribution < 1.29 is 17.9 Å². The van der Waals surface area contributed by atoms with E-state index in [2.05, 4.69) is 0 Å². The number of fused-ring (bicyclic) bond motifs is 1. The van der Waals surface area contributed by atoms with Crippen LogP contribution in [-0.2, 0) is 19.3 Å². The Morgan fingerprint density at radius 2 is 1.77 bits per heavy atom. The van der Waals surface area contributed by atoms with Gasteiger partial charge in [-0.25, -0.2) is 8.42 Å². The predicted molar refractivity (Wildman–Crippen MR) is 83.9 cm³/mol. The van der Waals surface area contributed by atoms with E-state index in [1.807, 2.05) is 33.8 Å². The van der Waals surface area contributed by atoms with Crippen LogP contribution in [0.3, 0.4) is 0 Å². The molecule has 0 amide bonds. The van der Waals surface area contributed by atoms with E-state index in [0.29, 0.717) is 16.2 Å². The quantitative estimate of drug-likeness (QED) is 0.838. The maximum atomic E-state index is 12.9. The summed E-state index contributed by atoms with van der Waals surface area (Å²) in [6.07, 6.45) is 2.09. The largest absolute Gasteiger partial charge is 0.344 e. The van der Waals surface area contributed by atoms with Gasteiger partial charge in [-0.3, -0.25) is 0 Å². The molecule has 4 nitrogen and oxygen atoms in total. The Bertz CT molecular complexity index is 705. The Morgan fingerprint density at radius 3 is 2.41 bits per heavy atom. The van der Waals surface area contributed by atoms with Crippen molar-refractivity contribution >= 4 is 9.84 Å². The van der Waals surface area contributed by atoms with Gasteiger partial charge in [0.25, 0.3) is 0 Å². The highest BCUT2D eigenvalue weighted by atomic mass is 32.2. The third-order valence-electron chi connectivity index (χ3n) is 4.33.